The second-order valence-corrected chi connectivity index (χ2v) is 5.62. The molecule has 2 unspecified atom stereocenters. The number of hydrogen-bond acceptors (Lipinski definition) is 3. The normalized spacial score (nSPS) is 27.8. The van der Waals surface area contributed by atoms with E-state index in [1.807, 2.05) is 11.0 Å². The summed E-state index contributed by atoms with van der Waals surface area (Å²) in [6.07, 6.45) is 3.71. The largest absolute Gasteiger partial charge is 0.373 e. The molecule has 2 fully saturated rings. The zero-order valence-electron chi connectivity index (χ0n) is 11.5. The minimum absolute atomic E-state index is 0.1000. The van der Waals surface area contributed by atoms with Gasteiger partial charge in [-0.15, -0.1) is 0 Å². The van der Waals surface area contributed by atoms with Crippen LogP contribution in [0, 0.1) is 0 Å². The predicted molar refractivity (Wildman–Crippen MR) is 72.1 cm³/mol. The molecule has 104 valence electrons. The standard InChI is InChI=1S/C14H21N3O2/c1-10(2)17-5-6-19-13-9-16(8-12(13)17)14(18)11-3-4-15-7-11/h3-4,7,10,12-13,15H,5-6,8-9H2,1-2H3. The summed E-state index contributed by atoms with van der Waals surface area (Å²) in [5.74, 6) is 0.1000. The second kappa shape index (κ2) is 4.98. The van der Waals surface area contributed by atoms with Crippen molar-refractivity contribution in [1.29, 1.82) is 0 Å². The van der Waals surface area contributed by atoms with Crippen molar-refractivity contribution in [3.05, 3.63) is 24.0 Å². The van der Waals surface area contributed by atoms with Gasteiger partial charge in [0.15, 0.2) is 0 Å². The zero-order chi connectivity index (χ0) is 13.4. The summed E-state index contributed by atoms with van der Waals surface area (Å²) in [5, 5.41) is 0. The van der Waals surface area contributed by atoms with Gasteiger partial charge >= 0.3 is 0 Å². The maximum absolute atomic E-state index is 12.4. The quantitative estimate of drug-likeness (QED) is 0.864. The third-order valence-corrected chi connectivity index (χ3v) is 4.14. The molecule has 5 heteroatoms. The van der Waals surface area contributed by atoms with E-state index in [1.54, 1.807) is 12.4 Å². The number of carbonyl (C=O) groups excluding carboxylic acids is 1. The van der Waals surface area contributed by atoms with Crippen molar-refractivity contribution in [3.8, 4) is 0 Å². The van der Waals surface area contributed by atoms with Gasteiger partial charge in [-0.25, -0.2) is 0 Å². The number of nitrogens with zero attached hydrogens (tertiary/aromatic N) is 2. The molecule has 1 aromatic heterocycles. The first-order chi connectivity index (χ1) is 9.16. The Labute approximate surface area is 113 Å². The Bertz CT molecular complexity index is 444. The number of morpholine rings is 1. The molecule has 0 radical (unpaired) electrons. The lowest BCUT2D eigenvalue weighted by Crippen LogP contribution is -2.53. The summed E-state index contributed by atoms with van der Waals surface area (Å²) >= 11 is 0. The van der Waals surface area contributed by atoms with Gasteiger partial charge in [0.25, 0.3) is 5.91 Å². The molecular formula is C14H21N3O2. The van der Waals surface area contributed by atoms with E-state index in [1.165, 1.54) is 0 Å². The van der Waals surface area contributed by atoms with Crippen LogP contribution >= 0.6 is 0 Å². The van der Waals surface area contributed by atoms with Gasteiger partial charge in [-0.05, 0) is 19.9 Å². The molecule has 0 saturated carbocycles. The predicted octanol–water partition coefficient (Wildman–Crippen LogP) is 0.948. The van der Waals surface area contributed by atoms with Crippen LogP contribution in [0.5, 0.6) is 0 Å². The molecule has 2 aliphatic heterocycles. The highest BCUT2D eigenvalue weighted by atomic mass is 16.5. The first kappa shape index (κ1) is 12.7. The fourth-order valence-corrected chi connectivity index (χ4v) is 3.16. The number of aromatic amines is 1. The molecule has 0 bridgehead atoms. The lowest BCUT2D eigenvalue weighted by molar-refractivity contribution is -0.0582. The van der Waals surface area contributed by atoms with Gasteiger partial charge in [-0.2, -0.15) is 0 Å². The van der Waals surface area contributed by atoms with Crippen molar-refractivity contribution in [2.75, 3.05) is 26.2 Å². The molecule has 3 rings (SSSR count). The smallest absolute Gasteiger partial charge is 0.255 e. The van der Waals surface area contributed by atoms with E-state index in [9.17, 15) is 4.79 Å². The van der Waals surface area contributed by atoms with Crippen LogP contribution in [-0.4, -0.2) is 65.1 Å². The minimum Gasteiger partial charge on any atom is -0.373 e. The highest BCUT2D eigenvalue weighted by molar-refractivity contribution is 5.94. The summed E-state index contributed by atoms with van der Waals surface area (Å²) in [4.78, 5) is 19.7. The maximum Gasteiger partial charge on any atom is 0.255 e. The van der Waals surface area contributed by atoms with Crippen LogP contribution in [0.25, 0.3) is 0 Å². The molecule has 0 aromatic carbocycles. The van der Waals surface area contributed by atoms with Gasteiger partial charge in [0.1, 0.15) is 0 Å². The molecule has 19 heavy (non-hydrogen) atoms. The number of fused-ring (bicyclic) bond motifs is 1. The van der Waals surface area contributed by atoms with Gasteiger partial charge in [-0.3, -0.25) is 9.69 Å². The van der Waals surface area contributed by atoms with E-state index >= 15 is 0 Å². The Hall–Kier alpha value is -1.33. The topological polar surface area (TPSA) is 48.6 Å². The number of hydrogen-bond donors (Lipinski definition) is 1. The Morgan fingerprint density at radius 3 is 3.00 bits per heavy atom. The van der Waals surface area contributed by atoms with Crippen molar-refractivity contribution < 1.29 is 9.53 Å². The fraction of sp³-hybridized carbons (Fsp3) is 0.643. The van der Waals surface area contributed by atoms with E-state index in [-0.39, 0.29) is 12.0 Å². The van der Waals surface area contributed by atoms with Crippen LogP contribution < -0.4 is 0 Å². The Kier molecular flexibility index (Phi) is 3.33. The monoisotopic (exact) mass is 263 g/mol. The highest BCUT2D eigenvalue weighted by Gasteiger charge is 2.42. The van der Waals surface area contributed by atoms with Crippen molar-refractivity contribution in [2.45, 2.75) is 32.0 Å². The first-order valence-corrected chi connectivity index (χ1v) is 6.96. The number of H-pyrrole nitrogens is 1. The summed E-state index contributed by atoms with van der Waals surface area (Å²) in [6, 6.07) is 2.67. The first-order valence-electron chi connectivity index (χ1n) is 6.96. The summed E-state index contributed by atoms with van der Waals surface area (Å²) < 4.78 is 5.84. The molecule has 0 spiro atoms. The molecule has 1 N–H and O–H groups in total. The van der Waals surface area contributed by atoms with E-state index in [0.717, 1.165) is 25.3 Å². The van der Waals surface area contributed by atoms with Crippen LogP contribution in [-0.2, 0) is 4.74 Å². The van der Waals surface area contributed by atoms with E-state index in [2.05, 4.69) is 23.7 Å². The summed E-state index contributed by atoms with van der Waals surface area (Å²) in [6.45, 7) is 7.62. The zero-order valence-corrected chi connectivity index (χ0v) is 11.5. The summed E-state index contributed by atoms with van der Waals surface area (Å²) in [7, 11) is 0. The van der Waals surface area contributed by atoms with Crippen LogP contribution in [0.1, 0.15) is 24.2 Å². The van der Waals surface area contributed by atoms with Crippen molar-refractivity contribution in [2.24, 2.45) is 0 Å². The Balaban J connectivity index is 1.73. The molecule has 0 aliphatic carbocycles. The lowest BCUT2D eigenvalue weighted by atomic mass is 10.1. The van der Waals surface area contributed by atoms with Crippen molar-refractivity contribution in [1.82, 2.24) is 14.8 Å². The van der Waals surface area contributed by atoms with Crippen LogP contribution in [0.3, 0.4) is 0 Å². The Morgan fingerprint density at radius 2 is 2.32 bits per heavy atom. The van der Waals surface area contributed by atoms with Crippen molar-refractivity contribution >= 4 is 5.91 Å². The molecule has 3 heterocycles. The van der Waals surface area contributed by atoms with E-state index < -0.39 is 0 Å². The SMILES string of the molecule is CC(C)N1CCOC2CN(C(=O)c3cc[nH]c3)CC21. The van der Waals surface area contributed by atoms with Crippen LogP contribution in [0.4, 0.5) is 0 Å². The van der Waals surface area contributed by atoms with E-state index in [4.69, 9.17) is 4.74 Å². The highest BCUT2D eigenvalue weighted by Crippen LogP contribution is 2.25. The lowest BCUT2D eigenvalue weighted by Gasteiger charge is -2.39. The average molecular weight is 263 g/mol. The van der Waals surface area contributed by atoms with Gasteiger partial charge in [0.2, 0.25) is 0 Å². The average Bonchev–Trinajstić information content (AvgIpc) is 3.06. The number of ether oxygens (including phenoxy) is 1. The van der Waals surface area contributed by atoms with Gasteiger partial charge < -0.3 is 14.6 Å². The third-order valence-electron chi connectivity index (χ3n) is 4.14. The van der Waals surface area contributed by atoms with Crippen LogP contribution in [0.15, 0.2) is 18.5 Å². The van der Waals surface area contributed by atoms with Crippen LogP contribution in [0.2, 0.25) is 0 Å². The molecule has 2 saturated heterocycles. The molecule has 2 atom stereocenters. The van der Waals surface area contributed by atoms with E-state index in [0.29, 0.717) is 18.6 Å². The number of carbonyl (C=O) groups is 1. The van der Waals surface area contributed by atoms with Gasteiger partial charge in [-0.1, -0.05) is 0 Å². The molecule has 1 aromatic rings. The molecular weight excluding hydrogens is 242 g/mol. The van der Waals surface area contributed by atoms with Crippen molar-refractivity contribution in [3.63, 3.8) is 0 Å². The molecule has 2 aliphatic rings. The summed E-state index contributed by atoms with van der Waals surface area (Å²) in [5.41, 5.74) is 0.731. The third kappa shape index (κ3) is 2.28. The number of likely N-dealkylation sites (tertiary alicyclic amines) is 1. The fourth-order valence-electron chi connectivity index (χ4n) is 3.16. The van der Waals surface area contributed by atoms with Gasteiger partial charge in [0.05, 0.1) is 24.3 Å². The molecule has 1 amide bonds. The Morgan fingerprint density at radius 1 is 1.47 bits per heavy atom. The number of amides is 1. The maximum atomic E-state index is 12.4. The van der Waals surface area contributed by atoms with Gasteiger partial charge in [0, 0.05) is 38.1 Å². The second-order valence-electron chi connectivity index (χ2n) is 5.62. The number of aromatic nitrogens is 1. The molecule has 5 nitrogen and oxygen atoms in total. The number of rotatable bonds is 2. The number of nitrogens with one attached hydrogen (secondary N) is 1. The minimum atomic E-state index is 0.1000.